The van der Waals surface area contributed by atoms with Gasteiger partial charge in [0.2, 0.25) is 11.8 Å². The lowest BCUT2D eigenvalue weighted by Crippen LogP contribution is -2.60. The summed E-state index contributed by atoms with van der Waals surface area (Å²) in [5.74, 6) is -3.92. The molecule has 3 aliphatic rings. The average Bonchev–Trinajstić information content (AvgIpc) is 3.43. The van der Waals surface area contributed by atoms with Crippen molar-refractivity contribution >= 4 is 17.8 Å². The number of carbonyl (C=O) groups is 3. The Labute approximate surface area is 474 Å². The van der Waals surface area contributed by atoms with Gasteiger partial charge in [-0.1, -0.05) is 101 Å². The minimum absolute atomic E-state index is 0.000159. The third kappa shape index (κ3) is 21.6. The molecule has 3 saturated heterocycles. The zero-order valence-corrected chi connectivity index (χ0v) is 50.5. The van der Waals surface area contributed by atoms with Crippen LogP contribution in [-0.4, -0.2) is 178 Å². The van der Waals surface area contributed by atoms with Gasteiger partial charge in [0.05, 0.1) is 47.6 Å². The fourth-order valence-electron chi connectivity index (χ4n) is 11.2. The van der Waals surface area contributed by atoms with Crippen LogP contribution in [0.15, 0.2) is 72.9 Å². The highest BCUT2D eigenvalue weighted by molar-refractivity contribution is 5.79. The number of hydrogen-bond donors (Lipinski definition) is 6. The lowest BCUT2D eigenvalue weighted by atomic mass is 9.77. The highest BCUT2D eigenvalue weighted by atomic mass is 16.7. The van der Waals surface area contributed by atoms with Crippen molar-refractivity contribution in [1.82, 2.24) is 15.1 Å². The van der Waals surface area contributed by atoms with Gasteiger partial charge in [-0.2, -0.15) is 0 Å². The average molecular weight is 1120 g/mol. The number of allylic oxidation sites excluding steroid dienone is 12. The van der Waals surface area contributed by atoms with Crippen molar-refractivity contribution < 1.29 is 68.3 Å². The number of methoxy groups -OCH3 is 1. The first kappa shape index (κ1) is 69.7. The predicted octanol–water partition coefficient (Wildman–Crippen LogP) is 7.78. The van der Waals surface area contributed by atoms with Crippen LogP contribution in [0.5, 0.6) is 0 Å². The van der Waals surface area contributed by atoms with Crippen molar-refractivity contribution in [2.75, 3.05) is 34.3 Å². The van der Waals surface area contributed by atoms with Gasteiger partial charge in [0.25, 0.3) is 0 Å². The molecule has 0 aromatic rings. The van der Waals surface area contributed by atoms with Crippen LogP contribution in [0, 0.1) is 17.8 Å². The summed E-state index contributed by atoms with van der Waals surface area (Å²) in [7, 11) is 5.20. The molecule has 2 unspecified atom stereocenters. The first-order valence-corrected chi connectivity index (χ1v) is 29.2. The van der Waals surface area contributed by atoms with E-state index in [1.807, 2.05) is 45.0 Å². The molecule has 0 spiro atoms. The molecule has 452 valence electrons. The summed E-state index contributed by atoms with van der Waals surface area (Å²) in [4.78, 5) is 45.3. The molecule has 0 bridgehead atoms. The Morgan fingerprint density at radius 3 is 1.86 bits per heavy atom. The first-order chi connectivity index (χ1) is 37.3. The smallest absolute Gasteiger partial charge is 0.311 e. The van der Waals surface area contributed by atoms with E-state index < -0.39 is 108 Å². The molecule has 6 N–H and O–H groups in total. The van der Waals surface area contributed by atoms with E-state index in [0.29, 0.717) is 12.8 Å². The molecule has 0 saturated carbocycles. The minimum atomic E-state index is -2.08. The number of aliphatic hydroxyl groups is 5. The second kappa shape index (κ2) is 34.1. The Kier molecular flexibility index (Phi) is 30.1. The van der Waals surface area contributed by atoms with Gasteiger partial charge in [0, 0.05) is 51.4 Å². The topological polar surface area (TPSA) is 226 Å². The van der Waals surface area contributed by atoms with Crippen molar-refractivity contribution in [3.8, 4) is 0 Å². The number of aliphatic hydroxyl groups excluding tert-OH is 3. The number of rotatable bonds is 24. The highest BCUT2D eigenvalue weighted by Crippen LogP contribution is 2.40. The summed E-state index contributed by atoms with van der Waals surface area (Å²) in [6.45, 7) is 19.0. The van der Waals surface area contributed by atoms with Crippen LogP contribution in [0.3, 0.4) is 0 Å². The number of ether oxygens (including phenoxy) is 6. The Bertz CT molecular complexity index is 2000. The van der Waals surface area contributed by atoms with Gasteiger partial charge >= 0.3 is 5.97 Å². The SMILES string of the molecule is CC/C=C\C/C=C/C/C=C\C/C=C\C/C=C\C/C=C/CCC(=O)NCCC(=O)N1C[C@H](C)C[C@@](C)(O)[C@H](OC2O[C@H](C)C[C@H](N(C)C)[C@H]2O)[C@@H](C)[C@H](OC2C[C@@](C)(OC)[C@@H](O)[C@H](C)O2)[C@@H](C)C(=O)O[C@H](CC)[C@@](C)(O)[C@H](O)[C@H]1C. The quantitative estimate of drug-likeness (QED) is 0.0401. The number of nitrogens with zero attached hydrogens (tertiary/aromatic N) is 2. The van der Waals surface area contributed by atoms with E-state index in [9.17, 15) is 39.9 Å². The number of likely N-dealkylation sites (N-methyl/N-ethyl adjacent to an activating group) is 1. The summed E-state index contributed by atoms with van der Waals surface area (Å²) < 4.78 is 38.0. The van der Waals surface area contributed by atoms with E-state index in [1.54, 1.807) is 48.5 Å². The molecule has 0 aromatic heterocycles. The number of cyclic esters (lactones) is 1. The number of carbonyl (C=O) groups excluding carboxylic acids is 3. The van der Waals surface area contributed by atoms with Crippen LogP contribution in [0.1, 0.15) is 160 Å². The highest BCUT2D eigenvalue weighted by Gasteiger charge is 2.53. The molecular weight excluding hydrogens is 1010 g/mol. The fourth-order valence-corrected chi connectivity index (χ4v) is 11.2. The molecule has 3 aliphatic heterocycles. The van der Waals surface area contributed by atoms with Crippen molar-refractivity contribution in [3.63, 3.8) is 0 Å². The molecule has 2 amide bonds. The van der Waals surface area contributed by atoms with Crippen molar-refractivity contribution in [2.45, 2.75) is 250 Å². The second-order valence-electron chi connectivity index (χ2n) is 23.3. The summed E-state index contributed by atoms with van der Waals surface area (Å²) in [5, 5.41) is 62.9. The Hall–Kier alpha value is -3.59. The molecule has 18 atom stereocenters. The van der Waals surface area contributed by atoms with Gasteiger partial charge < -0.3 is 69.1 Å². The third-order valence-electron chi connectivity index (χ3n) is 16.0. The molecule has 0 aromatic carbocycles. The van der Waals surface area contributed by atoms with Gasteiger partial charge in [0.1, 0.15) is 30.0 Å². The maximum atomic E-state index is 14.6. The van der Waals surface area contributed by atoms with Gasteiger partial charge in [-0.3, -0.25) is 14.4 Å². The fraction of sp³-hybridized carbons (Fsp3) is 0.758. The zero-order chi connectivity index (χ0) is 59.1. The summed E-state index contributed by atoms with van der Waals surface area (Å²) in [5.41, 5.74) is -4.94. The van der Waals surface area contributed by atoms with Crippen LogP contribution < -0.4 is 5.32 Å². The molecule has 3 fully saturated rings. The number of amides is 2. The molecule has 3 rings (SSSR count). The minimum Gasteiger partial charge on any atom is -0.459 e. The maximum Gasteiger partial charge on any atom is 0.311 e. The van der Waals surface area contributed by atoms with Crippen LogP contribution >= 0.6 is 0 Å². The number of esters is 1. The largest absolute Gasteiger partial charge is 0.459 e. The monoisotopic (exact) mass is 1120 g/mol. The molecule has 17 heteroatoms. The Morgan fingerprint density at radius 1 is 0.772 bits per heavy atom. The molecule has 0 aliphatic carbocycles. The standard InChI is InChI=1S/C62H105N3O14/c1-15-17-18-19-20-21-22-23-24-25-26-27-28-29-30-31-32-33-34-35-50(66)63-37-36-51(67)65-41-42(3)39-60(9,72)57(79-59-53(68)48(64(12)13)38-43(4)75-59)44(5)54(78-52-40-61(10,74-14)56(70)47(8)76-52)45(6)58(71)77-49(16-2)62(11,73)55(69)46(65)7/h17-18,20-21,23-24,26-27,29-30,32-33,42-49,52-57,59,68-70,72-73H,15-16,19,22,25,28,31,34-41H2,1-14H3,(H,63,66)/b18-17-,21-20+,24-23-,27-26-,30-29-,33-32+/t42-,43-,44+,45-,46-,47+,48+,49-,52?,53-,54+,55-,56+,57-,59?,60-,61-,62-/m1/s1. The van der Waals surface area contributed by atoms with Gasteiger partial charge in [0.15, 0.2) is 12.6 Å². The summed E-state index contributed by atoms with van der Waals surface area (Å²) in [6.07, 6.45) is 21.6. The van der Waals surface area contributed by atoms with Crippen molar-refractivity contribution in [1.29, 1.82) is 0 Å². The summed E-state index contributed by atoms with van der Waals surface area (Å²) >= 11 is 0. The maximum absolute atomic E-state index is 14.6. The van der Waals surface area contributed by atoms with E-state index in [1.165, 1.54) is 18.9 Å². The van der Waals surface area contributed by atoms with Crippen LogP contribution in [-0.2, 0) is 42.8 Å². The van der Waals surface area contributed by atoms with Gasteiger partial charge in [-0.05, 0) is 133 Å². The Morgan fingerprint density at radius 2 is 1.33 bits per heavy atom. The summed E-state index contributed by atoms with van der Waals surface area (Å²) in [6, 6.07) is -1.40. The molecule has 3 heterocycles. The van der Waals surface area contributed by atoms with Crippen LogP contribution in [0.4, 0.5) is 0 Å². The van der Waals surface area contributed by atoms with Gasteiger partial charge in [-0.25, -0.2) is 0 Å². The second-order valence-corrected chi connectivity index (χ2v) is 23.3. The first-order valence-electron chi connectivity index (χ1n) is 29.2. The lowest BCUT2D eigenvalue weighted by Gasteiger charge is -2.48. The van der Waals surface area contributed by atoms with E-state index in [2.05, 4.69) is 73.0 Å². The number of nitrogens with one attached hydrogen (secondary N) is 1. The van der Waals surface area contributed by atoms with Crippen LogP contribution in [0.25, 0.3) is 0 Å². The third-order valence-corrected chi connectivity index (χ3v) is 16.0. The molecule has 79 heavy (non-hydrogen) atoms. The van der Waals surface area contributed by atoms with Crippen molar-refractivity contribution in [2.24, 2.45) is 17.8 Å². The molecule has 17 nitrogen and oxygen atoms in total. The lowest BCUT2D eigenvalue weighted by molar-refractivity contribution is -0.318. The van der Waals surface area contributed by atoms with Gasteiger partial charge in [-0.15, -0.1) is 0 Å². The van der Waals surface area contributed by atoms with E-state index >= 15 is 0 Å². The normalized spacial score (nSPS) is 37.0. The molecule has 0 radical (unpaired) electrons. The number of hydrogen-bond acceptors (Lipinski definition) is 15. The van der Waals surface area contributed by atoms with Crippen molar-refractivity contribution in [3.05, 3.63) is 72.9 Å². The molecular formula is C62H105N3O14. The van der Waals surface area contributed by atoms with E-state index in [-0.39, 0.29) is 63.2 Å². The van der Waals surface area contributed by atoms with E-state index in [4.69, 9.17) is 28.4 Å². The predicted molar refractivity (Wildman–Crippen MR) is 308 cm³/mol. The van der Waals surface area contributed by atoms with E-state index in [0.717, 1.165) is 38.5 Å². The Balaban J connectivity index is 1.82. The zero-order valence-electron chi connectivity index (χ0n) is 50.5. The van der Waals surface area contributed by atoms with Crippen LogP contribution in [0.2, 0.25) is 0 Å².